The molecule has 0 bridgehead atoms. The van der Waals surface area contributed by atoms with Crippen LogP contribution < -0.4 is 0 Å². The highest BCUT2D eigenvalue weighted by atomic mass is 15.2. The molecule has 0 saturated heterocycles. The quantitative estimate of drug-likeness (QED) is 0.621. The predicted octanol–water partition coefficient (Wildman–Crippen LogP) is 3.36. The van der Waals surface area contributed by atoms with Crippen LogP contribution in [0.5, 0.6) is 0 Å². The predicted molar refractivity (Wildman–Crippen MR) is 61.4 cm³/mol. The van der Waals surface area contributed by atoms with Crippen molar-refractivity contribution < 1.29 is 0 Å². The summed E-state index contributed by atoms with van der Waals surface area (Å²) in [5, 5.41) is 0. The molecule has 2 rings (SSSR count). The van der Waals surface area contributed by atoms with Gasteiger partial charge in [0.25, 0.3) is 0 Å². The second kappa shape index (κ2) is 4.97. The minimum Gasteiger partial charge on any atom is -0.297 e. The van der Waals surface area contributed by atoms with Crippen LogP contribution in [-0.4, -0.2) is 23.5 Å². The Labute approximate surface area is 88.2 Å². The van der Waals surface area contributed by atoms with Crippen LogP contribution in [0.25, 0.3) is 0 Å². The molecule has 0 aliphatic heterocycles. The monoisotopic (exact) mass is 193 g/mol. The van der Waals surface area contributed by atoms with Gasteiger partial charge in [-0.15, -0.1) is 0 Å². The molecule has 0 atom stereocenters. The summed E-state index contributed by atoms with van der Waals surface area (Å²) in [7, 11) is 0. The molecule has 0 N–H and O–H groups in total. The third kappa shape index (κ3) is 2.20. The Balaban J connectivity index is 1.90. The summed E-state index contributed by atoms with van der Waals surface area (Å²) >= 11 is 0. The third-order valence-corrected chi connectivity index (χ3v) is 3.86. The van der Waals surface area contributed by atoms with Gasteiger partial charge >= 0.3 is 0 Å². The SMILES string of the molecule is CCN(C1CC=CC1)C1CCCCC1. The highest BCUT2D eigenvalue weighted by Gasteiger charge is 2.26. The van der Waals surface area contributed by atoms with Gasteiger partial charge in [0, 0.05) is 12.1 Å². The Morgan fingerprint density at radius 2 is 1.64 bits per heavy atom. The zero-order valence-electron chi connectivity index (χ0n) is 9.41. The van der Waals surface area contributed by atoms with Gasteiger partial charge in [0.1, 0.15) is 0 Å². The van der Waals surface area contributed by atoms with E-state index in [2.05, 4.69) is 24.0 Å². The maximum Gasteiger partial charge on any atom is 0.0167 e. The summed E-state index contributed by atoms with van der Waals surface area (Å²) in [6, 6.07) is 1.74. The molecule has 0 aromatic heterocycles. The van der Waals surface area contributed by atoms with E-state index in [1.165, 1.54) is 51.5 Å². The first-order valence-corrected chi connectivity index (χ1v) is 6.32. The molecule has 0 aromatic carbocycles. The summed E-state index contributed by atoms with van der Waals surface area (Å²) < 4.78 is 0. The number of rotatable bonds is 3. The first kappa shape index (κ1) is 10.2. The molecule has 1 saturated carbocycles. The second-order valence-electron chi connectivity index (χ2n) is 4.72. The molecule has 80 valence electrons. The molecule has 0 aromatic rings. The average molecular weight is 193 g/mol. The summed E-state index contributed by atoms with van der Waals surface area (Å²) in [5.41, 5.74) is 0. The van der Waals surface area contributed by atoms with Crippen molar-refractivity contribution >= 4 is 0 Å². The van der Waals surface area contributed by atoms with Gasteiger partial charge in [-0.2, -0.15) is 0 Å². The van der Waals surface area contributed by atoms with Gasteiger partial charge in [0.15, 0.2) is 0 Å². The maximum absolute atomic E-state index is 2.76. The highest BCUT2D eigenvalue weighted by molar-refractivity contribution is 4.99. The summed E-state index contributed by atoms with van der Waals surface area (Å²) in [6.07, 6.45) is 14.6. The molecular formula is C13H23N. The third-order valence-electron chi connectivity index (χ3n) is 3.86. The Morgan fingerprint density at radius 1 is 1.00 bits per heavy atom. The Morgan fingerprint density at radius 3 is 2.21 bits per heavy atom. The molecule has 0 spiro atoms. The maximum atomic E-state index is 2.76. The van der Waals surface area contributed by atoms with E-state index < -0.39 is 0 Å². The lowest BCUT2D eigenvalue weighted by atomic mass is 9.93. The summed E-state index contributed by atoms with van der Waals surface area (Å²) in [4.78, 5) is 2.76. The van der Waals surface area contributed by atoms with Crippen molar-refractivity contribution in [3.63, 3.8) is 0 Å². The smallest absolute Gasteiger partial charge is 0.0167 e. The van der Waals surface area contributed by atoms with Crippen LogP contribution in [0.15, 0.2) is 12.2 Å². The number of nitrogens with zero attached hydrogens (tertiary/aromatic N) is 1. The Hall–Kier alpha value is -0.300. The van der Waals surface area contributed by atoms with E-state index in [9.17, 15) is 0 Å². The van der Waals surface area contributed by atoms with Gasteiger partial charge in [-0.3, -0.25) is 4.90 Å². The molecule has 1 fully saturated rings. The largest absolute Gasteiger partial charge is 0.297 e. The van der Waals surface area contributed by atoms with Gasteiger partial charge in [-0.05, 0) is 32.2 Å². The zero-order valence-corrected chi connectivity index (χ0v) is 9.41. The molecule has 0 radical (unpaired) electrons. The van der Waals surface area contributed by atoms with Crippen LogP contribution in [0.3, 0.4) is 0 Å². The van der Waals surface area contributed by atoms with Gasteiger partial charge in [0.2, 0.25) is 0 Å². The van der Waals surface area contributed by atoms with E-state index in [-0.39, 0.29) is 0 Å². The second-order valence-corrected chi connectivity index (χ2v) is 4.72. The lowest BCUT2D eigenvalue weighted by molar-refractivity contribution is 0.116. The minimum atomic E-state index is 0.836. The molecule has 0 heterocycles. The van der Waals surface area contributed by atoms with Crippen molar-refractivity contribution in [1.29, 1.82) is 0 Å². The van der Waals surface area contributed by atoms with Crippen molar-refractivity contribution in [3.8, 4) is 0 Å². The summed E-state index contributed by atoms with van der Waals surface area (Å²) in [5.74, 6) is 0. The molecule has 14 heavy (non-hydrogen) atoms. The van der Waals surface area contributed by atoms with Crippen LogP contribution in [0, 0.1) is 0 Å². The first-order chi connectivity index (χ1) is 6.92. The van der Waals surface area contributed by atoms with Gasteiger partial charge < -0.3 is 0 Å². The van der Waals surface area contributed by atoms with Crippen molar-refractivity contribution in [2.24, 2.45) is 0 Å². The number of hydrogen-bond acceptors (Lipinski definition) is 1. The van der Waals surface area contributed by atoms with E-state index in [1.54, 1.807) is 0 Å². The normalized spacial score (nSPS) is 25.0. The Bertz CT molecular complexity index is 183. The van der Waals surface area contributed by atoms with E-state index in [0.717, 1.165) is 12.1 Å². The van der Waals surface area contributed by atoms with Crippen LogP contribution in [0.1, 0.15) is 51.9 Å². The highest BCUT2D eigenvalue weighted by Crippen LogP contribution is 2.27. The molecule has 2 aliphatic carbocycles. The lowest BCUT2D eigenvalue weighted by Gasteiger charge is -2.37. The van der Waals surface area contributed by atoms with Crippen molar-refractivity contribution in [1.82, 2.24) is 4.90 Å². The Kier molecular flexibility index (Phi) is 3.63. The molecule has 0 unspecified atom stereocenters. The van der Waals surface area contributed by atoms with Gasteiger partial charge in [0.05, 0.1) is 0 Å². The fraction of sp³-hybridized carbons (Fsp3) is 0.846. The standard InChI is InChI=1S/C13H23N/c1-2-14(13-10-6-7-11-13)12-8-4-3-5-9-12/h6-7,12-13H,2-5,8-11H2,1H3. The van der Waals surface area contributed by atoms with Gasteiger partial charge in [-0.1, -0.05) is 38.3 Å². The van der Waals surface area contributed by atoms with Crippen molar-refractivity contribution in [2.75, 3.05) is 6.54 Å². The first-order valence-electron chi connectivity index (χ1n) is 6.32. The van der Waals surface area contributed by atoms with Crippen LogP contribution in [0.4, 0.5) is 0 Å². The minimum absolute atomic E-state index is 0.836. The van der Waals surface area contributed by atoms with Crippen molar-refractivity contribution in [2.45, 2.75) is 64.0 Å². The molecule has 1 nitrogen and oxygen atoms in total. The van der Waals surface area contributed by atoms with E-state index in [0.29, 0.717) is 0 Å². The summed E-state index contributed by atoms with van der Waals surface area (Å²) in [6.45, 7) is 3.57. The van der Waals surface area contributed by atoms with E-state index in [1.807, 2.05) is 0 Å². The molecule has 0 amide bonds. The van der Waals surface area contributed by atoms with Gasteiger partial charge in [-0.25, -0.2) is 0 Å². The van der Waals surface area contributed by atoms with E-state index in [4.69, 9.17) is 0 Å². The fourth-order valence-corrected chi connectivity index (χ4v) is 3.10. The molecular weight excluding hydrogens is 170 g/mol. The topological polar surface area (TPSA) is 3.24 Å². The average Bonchev–Trinajstić information content (AvgIpc) is 2.74. The lowest BCUT2D eigenvalue weighted by Crippen LogP contribution is -2.42. The molecule has 2 aliphatic rings. The van der Waals surface area contributed by atoms with Crippen LogP contribution >= 0.6 is 0 Å². The van der Waals surface area contributed by atoms with Crippen molar-refractivity contribution in [3.05, 3.63) is 12.2 Å². The van der Waals surface area contributed by atoms with Crippen LogP contribution in [0.2, 0.25) is 0 Å². The fourth-order valence-electron chi connectivity index (χ4n) is 3.10. The zero-order chi connectivity index (χ0) is 9.80. The van der Waals surface area contributed by atoms with Crippen LogP contribution in [-0.2, 0) is 0 Å². The number of hydrogen-bond donors (Lipinski definition) is 0. The van der Waals surface area contributed by atoms with E-state index >= 15 is 0 Å². The molecule has 1 heteroatoms.